The quantitative estimate of drug-likeness (QED) is 0.292. The lowest BCUT2D eigenvalue weighted by Gasteiger charge is -2.32. The highest BCUT2D eigenvalue weighted by Crippen LogP contribution is 2.32. The molecule has 0 radical (unpaired) electrons. The van der Waals surface area contributed by atoms with Crippen LogP contribution >= 0.6 is 11.6 Å². The Morgan fingerprint density at radius 3 is 2.52 bits per heavy atom. The number of piperidine rings is 1. The molecule has 1 aliphatic rings. The highest BCUT2D eigenvalue weighted by Gasteiger charge is 2.29. The second-order valence-corrected chi connectivity index (χ2v) is 12.0. The third kappa shape index (κ3) is 5.67. The van der Waals surface area contributed by atoms with Crippen LogP contribution in [0.5, 0.6) is 0 Å². The number of hydrogen-bond donors (Lipinski definition) is 2. The van der Waals surface area contributed by atoms with Gasteiger partial charge in [0.05, 0.1) is 16.9 Å². The van der Waals surface area contributed by atoms with Gasteiger partial charge in [-0.25, -0.2) is 22.5 Å². The fourth-order valence-electron chi connectivity index (χ4n) is 4.86. The summed E-state index contributed by atoms with van der Waals surface area (Å²) >= 11 is 6.50. The average Bonchev–Trinajstić information content (AvgIpc) is 3.39. The number of hydrogen-bond acceptors (Lipinski definition) is 6. The number of anilines is 2. The number of carbonyl (C=O) groups is 1. The Labute approximate surface area is 237 Å². The van der Waals surface area contributed by atoms with Gasteiger partial charge < -0.3 is 10.2 Å². The molecule has 210 valence electrons. The van der Waals surface area contributed by atoms with Gasteiger partial charge in [0.1, 0.15) is 22.1 Å². The van der Waals surface area contributed by atoms with Gasteiger partial charge in [-0.2, -0.15) is 9.61 Å². The van der Waals surface area contributed by atoms with Crippen molar-refractivity contribution in [2.75, 3.05) is 25.0 Å². The van der Waals surface area contributed by atoms with E-state index in [4.69, 9.17) is 11.6 Å². The van der Waals surface area contributed by atoms with E-state index >= 15 is 0 Å². The molecular formula is C28H30ClFN6O3S. The van der Waals surface area contributed by atoms with Crippen LogP contribution in [-0.2, 0) is 10.0 Å². The van der Waals surface area contributed by atoms with Crippen LogP contribution in [-0.4, -0.2) is 53.5 Å². The number of nitrogens with zero attached hydrogens (tertiary/aromatic N) is 4. The number of halogens is 2. The molecule has 0 atom stereocenters. The largest absolute Gasteiger partial charge is 0.338 e. The van der Waals surface area contributed by atoms with Crippen molar-refractivity contribution in [3.05, 3.63) is 82.4 Å². The first-order chi connectivity index (χ1) is 19.2. The van der Waals surface area contributed by atoms with Crippen LogP contribution in [0.15, 0.2) is 59.8 Å². The Morgan fingerprint density at radius 1 is 1.12 bits per heavy atom. The summed E-state index contributed by atoms with van der Waals surface area (Å²) in [6.07, 6.45) is 4.69. The summed E-state index contributed by atoms with van der Waals surface area (Å²) in [6, 6.07) is 12.0. The number of likely N-dealkylation sites (tertiary alicyclic amines) is 1. The predicted molar refractivity (Wildman–Crippen MR) is 152 cm³/mol. The summed E-state index contributed by atoms with van der Waals surface area (Å²) in [6.45, 7) is 5.06. The normalized spacial score (nSPS) is 14.6. The van der Waals surface area contributed by atoms with E-state index in [1.165, 1.54) is 29.0 Å². The van der Waals surface area contributed by atoms with Gasteiger partial charge in [-0.3, -0.25) is 4.79 Å². The SMILES string of the molecule is CCCNS(=O)(=O)c1cnn2c(Nc3ccc(C)cc3Cl)c(C(=O)N3CCC(c4ccc(F)cc4)CC3)cnc12. The summed E-state index contributed by atoms with van der Waals surface area (Å²) in [5.41, 5.74) is 2.87. The lowest BCUT2D eigenvalue weighted by Crippen LogP contribution is -2.38. The Balaban J connectivity index is 1.49. The van der Waals surface area contributed by atoms with Crippen molar-refractivity contribution >= 4 is 44.7 Å². The first kappa shape index (κ1) is 28.0. The van der Waals surface area contributed by atoms with E-state index in [1.807, 2.05) is 19.9 Å². The van der Waals surface area contributed by atoms with Gasteiger partial charge in [0.2, 0.25) is 10.0 Å². The van der Waals surface area contributed by atoms with E-state index in [0.717, 1.165) is 24.0 Å². The van der Waals surface area contributed by atoms with E-state index in [2.05, 4.69) is 20.1 Å². The molecule has 12 heteroatoms. The lowest BCUT2D eigenvalue weighted by molar-refractivity contribution is 0.0713. The number of aryl methyl sites for hydroxylation is 1. The summed E-state index contributed by atoms with van der Waals surface area (Å²) in [7, 11) is -3.87. The first-order valence-electron chi connectivity index (χ1n) is 13.1. The lowest BCUT2D eigenvalue weighted by atomic mass is 9.89. The van der Waals surface area contributed by atoms with Crippen LogP contribution in [0.25, 0.3) is 5.65 Å². The summed E-state index contributed by atoms with van der Waals surface area (Å²) in [5, 5.41) is 7.96. The number of rotatable bonds is 8. The molecule has 1 amide bonds. The van der Waals surface area contributed by atoms with Crippen molar-refractivity contribution in [2.45, 2.75) is 43.9 Å². The maximum atomic E-state index is 13.8. The maximum Gasteiger partial charge on any atom is 0.259 e. The Kier molecular flexibility index (Phi) is 8.07. The predicted octanol–water partition coefficient (Wildman–Crippen LogP) is 5.28. The first-order valence-corrected chi connectivity index (χ1v) is 15.0. The molecule has 3 heterocycles. The molecule has 2 aromatic carbocycles. The molecule has 4 aromatic rings. The van der Waals surface area contributed by atoms with Crippen molar-refractivity contribution in [2.24, 2.45) is 0 Å². The topological polar surface area (TPSA) is 109 Å². The van der Waals surface area contributed by atoms with Crippen molar-refractivity contribution in [3.8, 4) is 0 Å². The fourth-order valence-corrected chi connectivity index (χ4v) is 6.34. The second kappa shape index (κ2) is 11.5. The van der Waals surface area contributed by atoms with Crippen LogP contribution < -0.4 is 10.0 Å². The van der Waals surface area contributed by atoms with E-state index < -0.39 is 10.0 Å². The molecule has 2 N–H and O–H groups in total. The minimum Gasteiger partial charge on any atom is -0.338 e. The van der Waals surface area contributed by atoms with Crippen molar-refractivity contribution in [1.82, 2.24) is 24.2 Å². The molecule has 0 unspecified atom stereocenters. The summed E-state index contributed by atoms with van der Waals surface area (Å²) < 4.78 is 43.1. The molecule has 40 heavy (non-hydrogen) atoms. The molecule has 1 saturated heterocycles. The number of sulfonamides is 1. The summed E-state index contributed by atoms with van der Waals surface area (Å²) in [5.74, 6) is -0.0486. The van der Waals surface area contributed by atoms with E-state index in [-0.39, 0.29) is 46.1 Å². The summed E-state index contributed by atoms with van der Waals surface area (Å²) in [4.78, 5) is 19.8. The van der Waals surface area contributed by atoms with Gasteiger partial charge in [-0.05, 0) is 67.5 Å². The highest BCUT2D eigenvalue weighted by atomic mass is 35.5. The molecule has 2 aromatic heterocycles. The van der Waals surface area contributed by atoms with E-state index in [0.29, 0.717) is 30.2 Å². The van der Waals surface area contributed by atoms with Crippen LogP contribution in [0.4, 0.5) is 15.9 Å². The third-order valence-corrected chi connectivity index (χ3v) is 8.82. The van der Waals surface area contributed by atoms with Crippen LogP contribution in [0.3, 0.4) is 0 Å². The van der Waals surface area contributed by atoms with Gasteiger partial charge >= 0.3 is 0 Å². The molecule has 0 saturated carbocycles. The van der Waals surface area contributed by atoms with Crippen LogP contribution in [0.1, 0.15) is 53.6 Å². The van der Waals surface area contributed by atoms with E-state index in [1.54, 1.807) is 29.2 Å². The number of aromatic nitrogens is 3. The Morgan fingerprint density at radius 2 is 1.85 bits per heavy atom. The van der Waals surface area contributed by atoms with E-state index in [9.17, 15) is 17.6 Å². The average molecular weight is 585 g/mol. The highest BCUT2D eigenvalue weighted by molar-refractivity contribution is 7.89. The zero-order valence-electron chi connectivity index (χ0n) is 22.2. The number of fused-ring (bicyclic) bond motifs is 1. The minimum absolute atomic E-state index is 0.0842. The smallest absolute Gasteiger partial charge is 0.259 e. The third-order valence-electron chi connectivity index (χ3n) is 7.06. The molecule has 5 rings (SSSR count). The zero-order chi connectivity index (χ0) is 28.4. The number of benzene rings is 2. The fraction of sp³-hybridized carbons (Fsp3) is 0.321. The monoisotopic (exact) mass is 584 g/mol. The van der Waals surface area contributed by atoms with Gasteiger partial charge in [0.15, 0.2) is 5.65 Å². The molecule has 0 aliphatic carbocycles. The van der Waals surface area contributed by atoms with Crippen molar-refractivity contribution in [3.63, 3.8) is 0 Å². The number of nitrogens with one attached hydrogen (secondary N) is 2. The van der Waals surface area contributed by atoms with Crippen LogP contribution in [0, 0.1) is 12.7 Å². The van der Waals surface area contributed by atoms with Crippen molar-refractivity contribution in [1.29, 1.82) is 0 Å². The molecule has 0 spiro atoms. The zero-order valence-corrected chi connectivity index (χ0v) is 23.8. The van der Waals surface area contributed by atoms with Gasteiger partial charge in [0, 0.05) is 25.8 Å². The maximum absolute atomic E-state index is 13.8. The number of carbonyl (C=O) groups excluding carboxylic acids is 1. The van der Waals surface area contributed by atoms with Crippen molar-refractivity contribution < 1.29 is 17.6 Å². The van der Waals surface area contributed by atoms with Gasteiger partial charge in [-0.15, -0.1) is 0 Å². The standard InChI is InChI=1S/C28H30ClFN6O3S/c1-3-12-33-40(38,39)25-17-32-36-26(34-24-9-4-18(2)15-23(24)29)22(16-31-27(25)36)28(37)35-13-10-20(11-14-35)19-5-7-21(30)8-6-19/h4-9,15-17,20,33-34H,3,10-14H2,1-2H3. The number of amides is 1. The molecule has 1 aliphatic heterocycles. The molecular weight excluding hydrogens is 555 g/mol. The Hall–Kier alpha value is -3.54. The molecule has 0 bridgehead atoms. The van der Waals surface area contributed by atoms with Gasteiger partial charge in [0.25, 0.3) is 5.91 Å². The van der Waals surface area contributed by atoms with Crippen LogP contribution in [0.2, 0.25) is 5.02 Å². The second-order valence-electron chi connectivity index (χ2n) is 9.89. The molecule has 9 nitrogen and oxygen atoms in total. The Bertz CT molecular complexity index is 1650. The minimum atomic E-state index is -3.87. The van der Waals surface area contributed by atoms with Gasteiger partial charge in [-0.1, -0.05) is 36.7 Å². The molecule has 1 fully saturated rings.